The number of carbonyl (C=O) groups excluding carboxylic acids is 1. The molecule has 1 saturated heterocycles. The third kappa shape index (κ3) is 4.38. The monoisotopic (exact) mass is 479 g/mol. The standard InChI is InChI=1S/C27H25N7O2/c1-18-14-19(5-7-24(18)36-21-8-12-33-13-9-28-25(33)16-21)31-26-22-15-20(4-6-23(22)29-17-30-26)32-27(35)34-10-2-3-11-34/h4-9,12-17H,2-3,10-11H2,1H3,(H,32,35)(H,29,30,31). The number of hydrogen-bond donors (Lipinski definition) is 2. The van der Waals surface area contributed by atoms with Gasteiger partial charge in [-0.3, -0.25) is 0 Å². The molecule has 6 rings (SSSR count). The summed E-state index contributed by atoms with van der Waals surface area (Å²) in [5, 5.41) is 7.21. The van der Waals surface area contributed by atoms with Crippen LogP contribution in [0.5, 0.6) is 11.5 Å². The summed E-state index contributed by atoms with van der Waals surface area (Å²) in [6.45, 7) is 3.59. The number of nitrogens with zero attached hydrogens (tertiary/aromatic N) is 5. The van der Waals surface area contributed by atoms with Gasteiger partial charge in [0.05, 0.1) is 5.52 Å². The van der Waals surface area contributed by atoms with Crippen molar-refractivity contribution >= 4 is 39.8 Å². The molecule has 0 unspecified atom stereocenters. The highest BCUT2D eigenvalue weighted by Gasteiger charge is 2.18. The van der Waals surface area contributed by atoms with Gasteiger partial charge in [0, 0.05) is 54.5 Å². The van der Waals surface area contributed by atoms with Crippen LogP contribution in [0.3, 0.4) is 0 Å². The topological polar surface area (TPSA) is 96.7 Å². The van der Waals surface area contributed by atoms with E-state index in [1.54, 1.807) is 6.20 Å². The number of anilines is 3. The third-order valence-corrected chi connectivity index (χ3v) is 6.31. The predicted octanol–water partition coefficient (Wildman–Crippen LogP) is 5.75. The van der Waals surface area contributed by atoms with Gasteiger partial charge in [-0.25, -0.2) is 19.7 Å². The number of hydrogen-bond acceptors (Lipinski definition) is 6. The summed E-state index contributed by atoms with van der Waals surface area (Å²) < 4.78 is 8.04. The summed E-state index contributed by atoms with van der Waals surface area (Å²) in [5.41, 5.74) is 4.18. The van der Waals surface area contributed by atoms with Crippen LogP contribution in [-0.4, -0.2) is 43.4 Å². The quantitative estimate of drug-likeness (QED) is 0.333. The number of aromatic nitrogens is 4. The Bertz CT molecular complexity index is 1570. The number of amides is 2. The molecular weight excluding hydrogens is 454 g/mol. The minimum atomic E-state index is -0.0729. The Hall–Kier alpha value is -4.66. The molecule has 9 nitrogen and oxygen atoms in total. The van der Waals surface area contributed by atoms with E-state index in [-0.39, 0.29) is 6.03 Å². The molecule has 5 aromatic rings. The molecule has 36 heavy (non-hydrogen) atoms. The molecule has 1 aliphatic heterocycles. The van der Waals surface area contributed by atoms with E-state index in [2.05, 4.69) is 25.6 Å². The Labute approximate surface area is 207 Å². The summed E-state index contributed by atoms with van der Waals surface area (Å²) in [4.78, 5) is 27.5. The second kappa shape index (κ2) is 9.18. The number of likely N-dealkylation sites (tertiary alicyclic amines) is 1. The number of nitrogens with one attached hydrogen (secondary N) is 2. The van der Waals surface area contributed by atoms with Gasteiger partial charge in [0.25, 0.3) is 0 Å². The van der Waals surface area contributed by atoms with Crippen molar-refractivity contribution in [2.75, 3.05) is 23.7 Å². The number of ether oxygens (including phenoxy) is 1. The summed E-state index contributed by atoms with van der Waals surface area (Å²) in [6.07, 6.45) is 9.21. The van der Waals surface area contributed by atoms with Gasteiger partial charge in [0.15, 0.2) is 0 Å². The summed E-state index contributed by atoms with van der Waals surface area (Å²) in [6, 6.07) is 15.3. The lowest BCUT2D eigenvalue weighted by Crippen LogP contribution is -2.32. The first-order valence-corrected chi connectivity index (χ1v) is 11.9. The SMILES string of the molecule is Cc1cc(Nc2ncnc3ccc(NC(=O)N4CCCC4)cc23)ccc1Oc1ccn2ccnc2c1. The van der Waals surface area contributed by atoms with Crippen molar-refractivity contribution in [1.29, 1.82) is 0 Å². The second-order valence-corrected chi connectivity index (χ2v) is 8.84. The number of imidazole rings is 1. The van der Waals surface area contributed by atoms with Crippen LogP contribution in [0.15, 0.2) is 73.4 Å². The smallest absolute Gasteiger partial charge is 0.321 e. The van der Waals surface area contributed by atoms with Crippen molar-refractivity contribution in [3.05, 3.63) is 79.0 Å². The molecule has 9 heteroatoms. The molecule has 3 aromatic heterocycles. The second-order valence-electron chi connectivity index (χ2n) is 8.84. The van der Waals surface area contributed by atoms with Crippen LogP contribution in [0.25, 0.3) is 16.6 Å². The Morgan fingerprint density at radius 2 is 1.81 bits per heavy atom. The van der Waals surface area contributed by atoms with E-state index in [1.165, 1.54) is 6.33 Å². The average Bonchev–Trinajstić information content (AvgIpc) is 3.58. The van der Waals surface area contributed by atoms with Gasteiger partial charge in [0.2, 0.25) is 0 Å². The zero-order valence-corrected chi connectivity index (χ0v) is 19.8. The number of carbonyl (C=O) groups is 1. The number of fused-ring (bicyclic) bond motifs is 2. The molecular formula is C27H25N7O2. The van der Waals surface area contributed by atoms with Gasteiger partial charge >= 0.3 is 6.03 Å². The predicted molar refractivity (Wildman–Crippen MR) is 139 cm³/mol. The highest BCUT2D eigenvalue weighted by molar-refractivity contribution is 5.96. The Kier molecular flexibility index (Phi) is 5.57. The van der Waals surface area contributed by atoms with E-state index in [0.29, 0.717) is 11.5 Å². The average molecular weight is 480 g/mol. The molecule has 0 radical (unpaired) electrons. The molecule has 0 spiro atoms. The van der Waals surface area contributed by atoms with E-state index < -0.39 is 0 Å². The maximum absolute atomic E-state index is 12.5. The van der Waals surface area contributed by atoms with Crippen molar-refractivity contribution in [3.8, 4) is 11.5 Å². The summed E-state index contributed by atoms with van der Waals surface area (Å²) in [5.74, 6) is 2.15. The maximum Gasteiger partial charge on any atom is 0.321 e. The molecule has 1 fully saturated rings. The molecule has 180 valence electrons. The highest BCUT2D eigenvalue weighted by atomic mass is 16.5. The molecule has 2 aromatic carbocycles. The lowest BCUT2D eigenvalue weighted by molar-refractivity contribution is 0.222. The van der Waals surface area contributed by atoms with E-state index >= 15 is 0 Å². The fraction of sp³-hybridized carbons (Fsp3) is 0.185. The Balaban J connectivity index is 1.22. The minimum absolute atomic E-state index is 0.0729. The number of aryl methyl sites for hydroxylation is 1. The molecule has 1 aliphatic rings. The van der Waals surface area contributed by atoms with Crippen molar-refractivity contribution < 1.29 is 9.53 Å². The Morgan fingerprint density at radius 3 is 2.67 bits per heavy atom. The van der Waals surface area contributed by atoms with Crippen LogP contribution < -0.4 is 15.4 Å². The van der Waals surface area contributed by atoms with Crippen molar-refractivity contribution in [3.63, 3.8) is 0 Å². The normalized spacial score (nSPS) is 13.3. The first-order chi connectivity index (χ1) is 17.6. The largest absolute Gasteiger partial charge is 0.457 e. The van der Waals surface area contributed by atoms with Crippen LogP contribution in [0.2, 0.25) is 0 Å². The van der Waals surface area contributed by atoms with Gasteiger partial charge < -0.3 is 24.7 Å². The van der Waals surface area contributed by atoms with E-state index in [9.17, 15) is 4.79 Å². The zero-order valence-electron chi connectivity index (χ0n) is 19.8. The Morgan fingerprint density at radius 1 is 0.944 bits per heavy atom. The molecule has 4 heterocycles. The van der Waals surface area contributed by atoms with Crippen molar-refractivity contribution in [1.82, 2.24) is 24.3 Å². The van der Waals surface area contributed by atoms with Crippen molar-refractivity contribution in [2.24, 2.45) is 0 Å². The number of pyridine rings is 1. The van der Waals surface area contributed by atoms with Crippen LogP contribution in [0.1, 0.15) is 18.4 Å². The zero-order chi connectivity index (χ0) is 24.5. The molecule has 0 aliphatic carbocycles. The lowest BCUT2D eigenvalue weighted by atomic mass is 10.1. The molecule has 0 bridgehead atoms. The highest BCUT2D eigenvalue weighted by Crippen LogP contribution is 2.31. The molecule has 0 atom stereocenters. The van der Waals surface area contributed by atoms with Gasteiger partial charge in [0.1, 0.15) is 29.3 Å². The lowest BCUT2D eigenvalue weighted by Gasteiger charge is -2.17. The van der Waals surface area contributed by atoms with E-state index in [1.807, 2.05) is 77.1 Å². The number of benzene rings is 2. The van der Waals surface area contributed by atoms with Gasteiger partial charge in [-0.05, 0) is 67.8 Å². The van der Waals surface area contributed by atoms with E-state index in [0.717, 1.165) is 65.2 Å². The maximum atomic E-state index is 12.5. The van der Waals surface area contributed by atoms with E-state index in [4.69, 9.17) is 4.74 Å². The fourth-order valence-corrected chi connectivity index (χ4v) is 4.42. The molecule has 2 N–H and O–H groups in total. The first-order valence-electron chi connectivity index (χ1n) is 11.9. The van der Waals surface area contributed by atoms with Gasteiger partial charge in [-0.1, -0.05) is 0 Å². The van der Waals surface area contributed by atoms with Crippen LogP contribution in [-0.2, 0) is 0 Å². The van der Waals surface area contributed by atoms with Crippen LogP contribution >= 0.6 is 0 Å². The van der Waals surface area contributed by atoms with Crippen LogP contribution in [0, 0.1) is 6.92 Å². The third-order valence-electron chi connectivity index (χ3n) is 6.31. The number of rotatable bonds is 5. The summed E-state index contributed by atoms with van der Waals surface area (Å²) in [7, 11) is 0. The fourth-order valence-electron chi connectivity index (χ4n) is 4.42. The van der Waals surface area contributed by atoms with Crippen molar-refractivity contribution in [2.45, 2.75) is 19.8 Å². The minimum Gasteiger partial charge on any atom is -0.457 e. The summed E-state index contributed by atoms with van der Waals surface area (Å²) >= 11 is 0. The molecule has 0 saturated carbocycles. The van der Waals surface area contributed by atoms with Gasteiger partial charge in [-0.15, -0.1) is 0 Å². The first kappa shape index (κ1) is 21.8. The molecule has 2 amide bonds. The number of urea groups is 1. The van der Waals surface area contributed by atoms with Gasteiger partial charge in [-0.2, -0.15) is 0 Å². The van der Waals surface area contributed by atoms with Crippen LogP contribution in [0.4, 0.5) is 22.0 Å².